The van der Waals surface area contributed by atoms with E-state index in [0.717, 1.165) is 38.8 Å². The smallest absolute Gasteiger partial charge is 0.281 e. The van der Waals surface area contributed by atoms with E-state index in [-0.39, 0.29) is 0 Å². The van der Waals surface area contributed by atoms with Crippen molar-refractivity contribution in [3.05, 3.63) is 0 Å². The summed E-state index contributed by atoms with van der Waals surface area (Å²) in [6.45, 7) is 8.96. The number of piperidine rings is 2. The van der Waals surface area contributed by atoms with Crippen LogP contribution in [0.1, 0.15) is 46.0 Å². The van der Waals surface area contributed by atoms with Gasteiger partial charge in [0.15, 0.2) is 0 Å². The maximum Gasteiger partial charge on any atom is 0.281 e. The van der Waals surface area contributed by atoms with Gasteiger partial charge >= 0.3 is 0 Å². The molecule has 0 spiro atoms. The molecule has 2 fully saturated rings. The van der Waals surface area contributed by atoms with Crippen molar-refractivity contribution >= 4 is 10.2 Å². The Kier molecular flexibility index (Phi) is 6.47. The summed E-state index contributed by atoms with van der Waals surface area (Å²) in [7, 11) is -3.24. The molecule has 5 nitrogen and oxygen atoms in total. The molecule has 0 aromatic carbocycles. The third-order valence-corrected chi connectivity index (χ3v) is 6.97. The monoisotopic (exact) mass is 317 g/mol. The Morgan fingerprint density at radius 2 is 1.71 bits per heavy atom. The number of rotatable bonds is 6. The Morgan fingerprint density at radius 1 is 1.00 bits per heavy atom. The highest BCUT2D eigenvalue weighted by Crippen LogP contribution is 2.26. The Morgan fingerprint density at radius 3 is 2.33 bits per heavy atom. The van der Waals surface area contributed by atoms with Crippen molar-refractivity contribution in [1.29, 1.82) is 0 Å². The summed E-state index contributed by atoms with van der Waals surface area (Å²) >= 11 is 0. The first-order valence-electron chi connectivity index (χ1n) is 8.53. The maximum absolute atomic E-state index is 12.8. The van der Waals surface area contributed by atoms with Crippen LogP contribution >= 0.6 is 0 Å². The summed E-state index contributed by atoms with van der Waals surface area (Å²) in [5, 5.41) is 3.35. The fourth-order valence-electron chi connectivity index (χ4n) is 3.46. The van der Waals surface area contributed by atoms with E-state index in [4.69, 9.17) is 0 Å². The van der Waals surface area contributed by atoms with Crippen LogP contribution in [0.5, 0.6) is 0 Å². The van der Waals surface area contributed by atoms with Gasteiger partial charge in [0.2, 0.25) is 0 Å². The largest absolute Gasteiger partial charge is 0.317 e. The van der Waals surface area contributed by atoms with Crippen molar-refractivity contribution in [3.8, 4) is 0 Å². The molecule has 0 aromatic rings. The third kappa shape index (κ3) is 4.41. The quantitative estimate of drug-likeness (QED) is 0.811. The molecule has 1 N–H and O–H groups in total. The Labute approximate surface area is 130 Å². The first-order chi connectivity index (χ1) is 10.1. The minimum absolute atomic E-state index is 0.460. The van der Waals surface area contributed by atoms with Crippen LogP contribution in [0.25, 0.3) is 0 Å². The molecule has 0 aromatic heterocycles. The first-order valence-corrected chi connectivity index (χ1v) is 9.93. The van der Waals surface area contributed by atoms with Crippen LogP contribution in [-0.4, -0.2) is 56.3 Å². The van der Waals surface area contributed by atoms with Gasteiger partial charge < -0.3 is 5.32 Å². The standard InChI is InChI=1S/C15H31N3O2S/c1-3-14-7-10-17(11-8-14)21(19,20)18-9-5-6-15(13-18)12-16-4-2/h14-16H,3-13H2,1-2H3. The molecule has 0 saturated carbocycles. The molecule has 2 aliphatic heterocycles. The second-order valence-corrected chi connectivity index (χ2v) is 8.36. The topological polar surface area (TPSA) is 52.7 Å². The summed E-state index contributed by atoms with van der Waals surface area (Å²) in [4.78, 5) is 0. The van der Waals surface area contributed by atoms with Crippen molar-refractivity contribution in [1.82, 2.24) is 13.9 Å². The second kappa shape index (κ2) is 7.90. The summed E-state index contributed by atoms with van der Waals surface area (Å²) in [5.74, 6) is 1.17. The predicted molar refractivity (Wildman–Crippen MR) is 86.3 cm³/mol. The fraction of sp³-hybridized carbons (Fsp3) is 1.00. The second-order valence-electron chi connectivity index (χ2n) is 6.43. The predicted octanol–water partition coefficient (Wildman–Crippen LogP) is 1.67. The summed E-state index contributed by atoms with van der Waals surface area (Å²) in [6, 6.07) is 0. The lowest BCUT2D eigenvalue weighted by Gasteiger charge is -2.38. The van der Waals surface area contributed by atoms with E-state index in [9.17, 15) is 8.42 Å². The lowest BCUT2D eigenvalue weighted by Crippen LogP contribution is -2.51. The third-order valence-electron chi connectivity index (χ3n) is 4.97. The summed E-state index contributed by atoms with van der Waals surface area (Å²) in [5.41, 5.74) is 0. The number of nitrogens with zero attached hydrogens (tertiary/aromatic N) is 2. The van der Waals surface area contributed by atoms with Crippen LogP contribution in [0.2, 0.25) is 0 Å². The van der Waals surface area contributed by atoms with Crippen molar-refractivity contribution in [2.45, 2.75) is 46.0 Å². The van der Waals surface area contributed by atoms with Crippen molar-refractivity contribution in [2.24, 2.45) is 11.8 Å². The Balaban J connectivity index is 1.92. The number of hydrogen-bond donors (Lipinski definition) is 1. The summed E-state index contributed by atoms with van der Waals surface area (Å²) < 4.78 is 29.0. The molecule has 2 heterocycles. The zero-order valence-electron chi connectivity index (χ0n) is 13.6. The lowest BCUT2D eigenvalue weighted by atomic mass is 9.96. The lowest BCUT2D eigenvalue weighted by molar-refractivity contribution is 0.218. The molecule has 1 unspecified atom stereocenters. The highest BCUT2D eigenvalue weighted by molar-refractivity contribution is 7.86. The van der Waals surface area contributed by atoms with Crippen LogP contribution in [0, 0.1) is 11.8 Å². The normalized spacial score (nSPS) is 27.0. The van der Waals surface area contributed by atoms with Crippen LogP contribution in [0.4, 0.5) is 0 Å². The zero-order valence-corrected chi connectivity index (χ0v) is 14.4. The van der Waals surface area contributed by atoms with E-state index in [2.05, 4.69) is 19.2 Å². The van der Waals surface area contributed by atoms with E-state index in [0.29, 0.717) is 38.0 Å². The first kappa shape index (κ1) is 17.2. The molecule has 1 atom stereocenters. The van der Waals surface area contributed by atoms with Gasteiger partial charge in [-0.2, -0.15) is 17.0 Å². The number of nitrogens with one attached hydrogen (secondary N) is 1. The molecule has 2 rings (SSSR count). The summed E-state index contributed by atoms with van der Waals surface area (Å²) in [6.07, 6.45) is 5.33. The van der Waals surface area contributed by atoms with Crippen molar-refractivity contribution < 1.29 is 8.42 Å². The van der Waals surface area contributed by atoms with E-state index in [1.807, 2.05) is 0 Å². The fourth-order valence-corrected chi connectivity index (χ4v) is 5.22. The highest BCUT2D eigenvalue weighted by atomic mass is 32.2. The van der Waals surface area contributed by atoms with Crippen molar-refractivity contribution in [3.63, 3.8) is 0 Å². The zero-order chi connectivity index (χ0) is 15.3. The minimum Gasteiger partial charge on any atom is -0.317 e. The van der Waals surface area contributed by atoms with E-state index >= 15 is 0 Å². The Bertz CT molecular complexity index is 405. The Hall–Kier alpha value is -0.170. The molecule has 0 aliphatic carbocycles. The van der Waals surface area contributed by atoms with E-state index in [1.54, 1.807) is 8.61 Å². The van der Waals surface area contributed by atoms with Gasteiger partial charge in [-0.3, -0.25) is 0 Å². The van der Waals surface area contributed by atoms with Crippen molar-refractivity contribution in [2.75, 3.05) is 39.3 Å². The minimum atomic E-state index is -3.24. The van der Waals surface area contributed by atoms with Gasteiger partial charge in [0, 0.05) is 26.2 Å². The molecule has 6 heteroatoms. The molecule has 21 heavy (non-hydrogen) atoms. The molecule has 124 valence electrons. The average molecular weight is 317 g/mol. The van der Waals surface area contributed by atoms with Gasteiger partial charge in [-0.25, -0.2) is 0 Å². The van der Waals surface area contributed by atoms with Gasteiger partial charge in [0.1, 0.15) is 0 Å². The maximum atomic E-state index is 12.8. The molecular formula is C15H31N3O2S. The number of hydrogen-bond acceptors (Lipinski definition) is 3. The molecule has 2 aliphatic rings. The SMILES string of the molecule is CCNCC1CCCN(S(=O)(=O)N2CCC(CC)CC2)C1. The highest BCUT2D eigenvalue weighted by Gasteiger charge is 2.35. The van der Waals surface area contributed by atoms with Crippen LogP contribution in [0.15, 0.2) is 0 Å². The van der Waals surface area contributed by atoms with Gasteiger partial charge in [0.05, 0.1) is 0 Å². The van der Waals surface area contributed by atoms with Gasteiger partial charge in [-0.1, -0.05) is 20.3 Å². The van der Waals surface area contributed by atoms with E-state index < -0.39 is 10.2 Å². The van der Waals surface area contributed by atoms with Crippen LogP contribution in [0.3, 0.4) is 0 Å². The van der Waals surface area contributed by atoms with Crippen LogP contribution < -0.4 is 5.32 Å². The molecule has 0 bridgehead atoms. The van der Waals surface area contributed by atoms with Crippen LogP contribution in [-0.2, 0) is 10.2 Å². The molecule has 0 amide bonds. The van der Waals surface area contributed by atoms with E-state index in [1.165, 1.54) is 6.42 Å². The van der Waals surface area contributed by atoms with Gasteiger partial charge in [0.25, 0.3) is 10.2 Å². The average Bonchev–Trinajstić information content (AvgIpc) is 2.53. The molecule has 0 radical (unpaired) electrons. The molecule has 2 saturated heterocycles. The van der Waals surface area contributed by atoms with Gasteiger partial charge in [-0.05, 0) is 50.6 Å². The molecular weight excluding hydrogens is 286 g/mol. The van der Waals surface area contributed by atoms with Gasteiger partial charge in [-0.15, -0.1) is 0 Å².